The number of methoxy groups -OCH3 is 1. The van der Waals surface area contributed by atoms with Gasteiger partial charge in [-0.15, -0.1) is 0 Å². The summed E-state index contributed by atoms with van der Waals surface area (Å²) >= 11 is 0. The van der Waals surface area contributed by atoms with E-state index in [4.69, 9.17) is 14.2 Å². The molecule has 0 saturated heterocycles. The van der Waals surface area contributed by atoms with Crippen molar-refractivity contribution in [2.24, 2.45) is 5.92 Å². The topological polar surface area (TPSA) is 134 Å². The predicted molar refractivity (Wildman–Crippen MR) is 141 cm³/mol. The number of ketones is 1. The maximum Gasteiger partial charge on any atom is 0.336 e. The van der Waals surface area contributed by atoms with E-state index in [1.807, 2.05) is 12.1 Å². The molecule has 1 aliphatic carbocycles. The van der Waals surface area contributed by atoms with Crippen LogP contribution in [0.2, 0.25) is 0 Å². The van der Waals surface area contributed by atoms with Crippen LogP contribution < -0.4 is 10.1 Å². The molecule has 2 aliphatic rings. The van der Waals surface area contributed by atoms with Crippen molar-refractivity contribution < 1.29 is 33.5 Å². The van der Waals surface area contributed by atoms with E-state index in [0.29, 0.717) is 29.1 Å². The fourth-order valence-electron chi connectivity index (χ4n) is 5.30. The number of nitro groups is 1. The number of carbonyl (C=O) groups is 3. The molecule has 0 spiro atoms. The molecule has 0 amide bonds. The lowest BCUT2D eigenvalue weighted by Crippen LogP contribution is -2.43. The number of nitrogens with zero attached hydrogens (tertiary/aromatic N) is 1. The van der Waals surface area contributed by atoms with Crippen molar-refractivity contribution in [3.8, 4) is 5.75 Å². The molecule has 3 atom stereocenters. The zero-order chi connectivity index (χ0) is 28.3. The second-order valence-corrected chi connectivity index (χ2v) is 9.24. The van der Waals surface area contributed by atoms with Crippen LogP contribution in [0.4, 0.5) is 5.69 Å². The molecule has 2 aromatic carbocycles. The van der Waals surface area contributed by atoms with Crippen molar-refractivity contribution in [3.63, 3.8) is 0 Å². The summed E-state index contributed by atoms with van der Waals surface area (Å²) in [7, 11) is 1.55. The molecule has 10 nitrogen and oxygen atoms in total. The molecular weight excluding hydrogens is 504 g/mol. The third-order valence-electron chi connectivity index (χ3n) is 7.04. The highest BCUT2D eigenvalue weighted by molar-refractivity contribution is 6.13. The largest absolute Gasteiger partial charge is 0.497 e. The molecule has 0 bridgehead atoms. The molecule has 0 unspecified atom stereocenters. The van der Waals surface area contributed by atoms with Gasteiger partial charge in [0.15, 0.2) is 5.78 Å². The Morgan fingerprint density at radius 3 is 2.18 bits per heavy atom. The van der Waals surface area contributed by atoms with E-state index in [-0.39, 0.29) is 30.0 Å². The first-order valence-electron chi connectivity index (χ1n) is 12.7. The number of benzene rings is 2. The second kappa shape index (κ2) is 11.5. The van der Waals surface area contributed by atoms with Crippen LogP contribution in [-0.2, 0) is 23.9 Å². The number of nitrogens with one attached hydrogen (secondary N) is 1. The molecule has 0 aromatic heterocycles. The summed E-state index contributed by atoms with van der Waals surface area (Å²) in [6, 6.07) is 12.9. The van der Waals surface area contributed by atoms with Crippen molar-refractivity contribution in [3.05, 3.63) is 92.3 Å². The van der Waals surface area contributed by atoms with Crippen LogP contribution in [0.1, 0.15) is 50.2 Å². The summed E-state index contributed by atoms with van der Waals surface area (Å²) in [6.07, 6.45) is 0.299. The summed E-state index contributed by atoms with van der Waals surface area (Å²) in [6.45, 7) is 5.29. The lowest BCUT2D eigenvalue weighted by atomic mass is 9.67. The van der Waals surface area contributed by atoms with Crippen molar-refractivity contribution in [1.82, 2.24) is 5.32 Å². The van der Waals surface area contributed by atoms with Crippen LogP contribution in [0.25, 0.3) is 0 Å². The number of hydrogen-bond donors (Lipinski definition) is 1. The number of esters is 2. The van der Waals surface area contributed by atoms with Gasteiger partial charge >= 0.3 is 11.9 Å². The molecule has 1 N–H and O–H groups in total. The second-order valence-electron chi connectivity index (χ2n) is 9.24. The van der Waals surface area contributed by atoms with E-state index in [9.17, 15) is 24.5 Å². The summed E-state index contributed by atoms with van der Waals surface area (Å²) in [5, 5.41) is 14.5. The Labute approximate surface area is 225 Å². The van der Waals surface area contributed by atoms with E-state index in [1.54, 1.807) is 40.0 Å². The van der Waals surface area contributed by atoms with E-state index in [0.717, 1.165) is 5.56 Å². The molecule has 1 heterocycles. The molecule has 0 radical (unpaired) electrons. The third kappa shape index (κ3) is 5.27. The van der Waals surface area contributed by atoms with Crippen molar-refractivity contribution in [2.45, 2.75) is 39.0 Å². The van der Waals surface area contributed by atoms with Gasteiger partial charge in [0.05, 0.1) is 30.8 Å². The van der Waals surface area contributed by atoms with Gasteiger partial charge in [-0.1, -0.05) is 24.3 Å². The summed E-state index contributed by atoms with van der Waals surface area (Å²) in [4.78, 5) is 51.4. The maximum absolute atomic E-state index is 14.3. The number of rotatable bonds is 8. The Kier molecular flexibility index (Phi) is 8.13. The minimum Gasteiger partial charge on any atom is -0.497 e. The maximum atomic E-state index is 14.3. The fraction of sp³-hybridized carbons (Fsp3) is 0.345. The standard InChI is InChI=1S/C29H30N2O8/c1-5-38-28(33)23-16(3)30-22-15-21(17-9-13-20(37-4)14-10-17)25(29(34)39-6-2)27(32)26(22)24(23)18-7-11-19(12-8-18)31(35)36/h7-14,21,24-25,30H,5-6,15H2,1-4H3/t21-,24-,25+/m0/s1. The van der Waals surface area contributed by atoms with Gasteiger partial charge in [-0.2, -0.15) is 0 Å². The van der Waals surface area contributed by atoms with E-state index in [2.05, 4.69) is 5.32 Å². The molecule has 0 fully saturated rings. The average Bonchev–Trinajstić information content (AvgIpc) is 2.92. The number of dihydropyridines is 1. The van der Waals surface area contributed by atoms with Crippen molar-refractivity contribution >= 4 is 23.4 Å². The first kappa shape index (κ1) is 27.6. The SMILES string of the molecule is CCOC(=O)C1=C(C)NC2=C(C(=O)[C@H](C(=O)OCC)[C@H](c3ccc(OC)cc3)C2)[C@H]1c1ccc([N+](=O)[O-])cc1. The smallest absolute Gasteiger partial charge is 0.336 e. The van der Waals surface area contributed by atoms with Crippen molar-refractivity contribution in [1.29, 1.82) is 0 Å². The number of non-ortho nitro benzene ring substituents is 1. The van der Waals surface area contributed by atoms with Gasteiger partial charge in [0.2, 0.25) is 0 Å². The predicted octanol–water partition coefficient (Wildman–Crippen LogP) is 4.32. The Balaban J connectivity index is 1.88. The first-order chi connectivity index (χ1) is 18.7. The Morgan fingerprint density at radius 1 is 1.00 bits per heavy atom. The Morgan fingerprint density at radius 2 is 1.62 bits per heavy atom. The highest BCUT2D eigenvalue weighted by atomic mass is 16.6. The normalized spacial score (nSPS) is 20.6. The number of carbonyl (C=O) groups excluding carboxylic acids is 3. The number of hydrogen-bond acceptors (Lipinski definition) is 9. The number of Topliss-reactive ketones (excluding diaryl/α,β-unsaturated/α-hetero) is 1. The number of allylic oxidation sites excluding steroid dienone is 3. The molecule has 204 valence electrons. The van der Waals surface area contributed by atoms with Gasteiger partial charge in [-0.05, 0) is 50.5 Å². The van der Waals surface area contributed by atoms with Gasteiger partial charge < -0.3 is 19.5 Å². The van der Waals surface area contributed by atoms with Gasteiger partial charge in [0.25, 0.3) is 5.69 Å². The van der Waals surface area contributed by atoms with Gasteiger partial charge in [-0.3, -0.25) is 19.7 Å². The quantitative estimate of drug-likeness (QED) is 0.227. The lowest BCUT2D eigenvalue weighted by molar-refractivity contribution is -0.384. The van der Waals surface area contributed by atoms with Gasteiger partial charge in [0, 0.05) is 40.9 Å². The molecule has 39 heavy (non-hydrogen) atoms. The molecule has 1 aliphatic heterocycles. The zero-order valence-corrected chi connectivity index (χ0v) is 22.2. The molecule has 4 rings (SSSR count). The minimum absolute atomic E-state index is 0.0982. The summed E-state index contributed by atoms with van der Waals surface area (Å²) in [5.74, 6) is -3.66. The summed E-state index contributed by atoms with van der Waals surface area (Å²) < 4.78 is 15.9. The minimum atomic E-state index is -1.15. The van der Waals surface area contributed by atoms with Crippen LogP contribution in [0.5, 0.6) is 5.75 Å². The lowest BCUT2D eigenvalue weighted by Gasteiger charge is -2.39. The van der Waals surface area contributed by atoms with Crippen LogP contribution >= 0.6 is 0 Å². The van der Waals surface area contributed by atoms with Crippen molar-refractivity contribution in [2.75, 3.05) is 20.3 Å². The highest BCUT2D eigenvalue weighted by Crippen LogP contribution is 2.48. The molecular formula is C29H30N2O8. The average molecular weight is 535 g/mol. The number of nitro benzene ring substituents is 1. The summed E-state index contributed by atoms with van der Waals surface area (Å²) in [5.41, 5.74) is 2.68. The third-order valence-corrected chi connectivity index (χ3v) is 7.04. The number of ether oxygens (including phenoxy) is 3. The molecule has 2 aromatic rings. The van der Waals surface area contributed by atoms with Gasteiger partial charge in [-0.25, -0.2) is 4.79 Å². The Bertz CT molecular complexity index is 1360. The van der Waals surface area contributed by atoms with Crippen LogP contribution in [0, 0.1) is 16.0 Å². The van der Waals surface area contributed by atoms with E-state index >= 15 is 0 Å². The molecule has 10 heteroatoms. The van der Waals surface area contributed by atoms with Crippen LogP contribution in [0.15, 0.2) is 71.1 Å². The van der Waals surface area contributed by atoms with E-state index in [1.165, 1.54) is 24.3 Å². The van der Waals surface area contributed by atoms with E-state index < -0.39 is 40.4 Å². The monoisotopic (exact) mass is 534 g/mol. The van der Waals surface area contributed by atoms with Crippen LogP contribution in [0.3, 0.4) is 0 Å². The first-order valence-corrected chi connectivity index (χ1v) is 12.7. The fourth-order valence-corrected chi connectivity index (χ4v) is 5.30. The van der Waals surface area contributed by atoms with Crippen LogP contribution in [-0.4, -0.2) is 43.0 Å². The highest BCUT2D eigenvalue weighted by Gasteiger charge is 2.49. The Hall–Kier alpha value is -4.47. The van der Waals surface area contributed by atoms with Gasteiger partial charge in [0.1, 0.15) is 11.7 Å². The zero-order valence-electron chi connectivity index (χ0n) is 22.2. The molecule has 0 saturated carbocycles.